The second kappa shape index (κ2) is 8.09. The summed E-state index contributed by atoms with van der Waals surface area (Å²) in [4.78, 5) is 12.4. The van der Waals surface area contributed by atoms with Crippen molar-refractivity contribution in [3.8, 4) is 11.5 Å². The molecule has 0 aromatic heterocycles. The lowest BCUT2D eigenvalue weighted by Gasteiger charge is -2.22. The maximum Gasteiger partial charge on any atom is 0.245 e. The van der Waals surface area contributed by atoms with Crippen LogP contribution in [0, 0.1) is 6.92 Å². The van der Waals surface area contributed by atoms with Crippen molar-refractivity contribution in [1.82, 2.24) is 0 Å². The van der Waals surface area contributed by atoms with E-state index in [-0.39, 0.29) is 6.54 Å². The average Bonchev–Trinajstić information content (AvgIpc) is 2.59. The molecule has 0 atom stereocenters. The van der Waals surface area contributed by atoms with Crippen molar-refractivity contribution >= 4 is 27.3 Å². The Bertz CT molecular complexity index is 896. The van der Waals surface area contributed by atoms with E-state index in [9.17, 15) is 13.2 Å². The number of aryl methyl sites for hydroxylation is 1. The second-order valence-corrected chi connectivity index (χ2v) is 7.63. The molecule has 0 radical (unpaired) electrons. The first-order valence-electron chi connectivity index (χ1n) is 7.81. The number of hydrogen-bond acceptors (Lipinski definition) is 5. The van der Waals surface area contributed by atoms with Gasteiger partial charge in [-0.1, -0.05) is 12.1 Å². The Kier molecular flexibility index (Phi) is 6.10. The van der Waals surface area contributed by atoms with Gasteiger partial charge >= 0.3 is 0 Å². The Morgan fingerprint density at radius 1 is 1.12 bits per heavy atom. The maximum absolute atomic E-state index is 12.4. The highest BCUT2D eigenvalue weighted by Crippen LogP contribution is 2.29. The van der Waals surface area contributed by atoms with Gasteiger partial charge in [0.2, 0.25) is 15.9 Å². The van der Waals surface area contributed by atoms with Crippen molar-refractivity contribution in [2.24, 2.45) is 0 Å². The molecule has 7 nitrogen and oxygen atoms in total. The SMILES string of the molecule is COc1ccc(NC(=O)CN(c2cccc(C)c2)S(C)(=O)=O)c(OC)c1. The molecule has 140 valence electrons. The van der Waals surface area contributed by atoms with Gasteiger partial charge < -0.3 is 14.8 Å². The molecule has 0 fully saturated rings. The molecule has 0 bridgehead atoms. The summed E-state index contributed by atoms with van der Waals surface area (Å²) in [6, 6.07) is 11.9. The highest BCUT2D eigenvalue weighted by molar-refractivity contribution is 7.92. The normalized spacial score (nSPS) is 10.9. The molecule has 0 spiro atoms. The van der Waals surface area contributed by atoms with Crippen molar-refractivity contribution in [3.63, 3.8) is 0 Å². The average molecular weight is 378 g/mol. The highest BCUT2D eigenvalue weighted by Gasteiger charge is 2.21. The first-order chi connectivity index (χ1) is 12.2. The first-order valence-corrected chi connectivity index (χ1v) is 9.65. The molecular weight excluding hydrogens is 356 g/mol. The molecule has 0 aliphatic carbocycles. The van der Waals surface area contributed by atoms with Crippen LogP contribution in [0.1, 0.15) is 5.56 Å². The van der Waals surface area contributed by atoms with E-state index in [1.807, 2.05) is 13.0 Å². The third-order valence-corrected chi connectivity index (χ3v) is 4.80. The van der Waals surface area contributed by atoms with E-state index in [0.29, 0.717) is 22.9 Å². The van der Waals surface area contributed by atoms with Crippen molar-refractivity contribution in [2.75, 3.05) is 36.6 Å². The minimum atomic E-state index is -3.63. The quantitative estimate of drug-likeness (QED) is 0.800. The maximum atomic E-state index is 12.4. The molecule has 8 heteroatoms. The number of carbonyl (C=O) groups is 1. The number of benzene rings is 2. The van der Waals surface area contributed by atoms with Crippen LogP contribution < -0.4 is 19.1 Å². The lowest BCUT2D eigenvalue weighted by atomic mass is 10.2. The fourth-order valence-corrected chi connectivity index (χ4v) is 3.25. The molecule has 2 aromatic carbocycles. The van der Waals surface area contributed by atoms with Gasteiger partial charge in [-0.25, -0.2) is 8.42 Å². The summed E-state index contributed by atoms with van der Waals surface area (Å²) in [6.45, 7) is 1.50. The molecule has 26 heavy (non-hydrogen) atoms. The van der Waals surface area contributed by atoms with Crippen LogP contribution in [0.4, 0.5) is 11.4 Å². The largest absolute Gasteiger partial charge is 0.497 e. The van der Waals surface area contributed by atoms with Gasteiger partial charge in [0, 0.05) is 6.07 Å². The number of nitrogens with zero attached hydrogens (tertiary/aromatic N) is 1. The predicted octanol–water partition coefficient (Wildman–Crippen LogP) is 2.42. The Labute approximate surface area is 153 Å². The lowest BCUT2D eigenvalue weighted by Crippen LogP contribution is -2.37. The third kappa shape index (κ3) is 4.89. The van der Waals surface area contributed by atoms with E-state index in [1.165, 1.54) is 14.2 Å². The number of hydrogen-bond donors (Lipinski definition) is 1. The third-order valence-electron chi connectivity index (χ3n) is 3.66. The summed E-state index contributed by atoms with van der Waals surface area (Å²) in [6.07, 6.45) is 1.07. The van der Waals surface area contributed by atoms with Crippen LogP contribution in [-0.4, -0.2) is 41.3 Å². The van der Waals surface area contributed by atoms with E-state index < -0.39 is 15.9 Å². The minimum Gasteiger partial charge on any atom is -0.497 e. The van der Waals surface area contributed by atoms with Crippen LogP contribution in [-0.2, 0) is 14.8 Å². The Hall–Kier alpha value is -2.74. The molecule has 1 amide bonds. The summed E-state index contributed by atoms with van der Waals surface area (Å²) in [5.74, 6) is 0.511. The van der Waals surface area contributed by atoms with Crippen LogP contribution in [0.25, 0.3) is 0 Å². The molecular formula is C18H22N2O5S. The summed E-state index contributed by atoms with van der Waals surface area (Å²) >= 11 is 0. The van der Waals surface area contributed by atoms with Gasteiger partial charge in [0.1, 0.15) is 18.0 Å². The molecule has 0 aliphatic heterocycles. The van der Waals surface area contributed by atoms with E-state index in [0.717, 1.165) is 16.1 Å². The van der Waals surface area contributed by atoms with Gasteiger partial charge in [-0.2, -0.15) is 0 Å². The van der Waals surface area contributed by atoms with E-state index in [2.05, 4.69) is 5.32 Å². The molecule has 0 unspecified atom stereocenters. The number of carbonyl (C=O) groups excluding carboxylic acids is 1. The number of amides is 1. The summed E-state index contributed by atoms with van der Waals surface area (Å²) in [5, 5.41) is 2.67. The van der Waals surface area contributed by atoms with Crippen LogP contribution in [0.5, 0.6) is 11.5 Å². The Morgan fingerprint density at radius 2 is 1.85 bits per heavy atom. The number of rotatable bonds is 7. The van der Waals surface area contributed by atoms with Crippen LogP contribution in [0.2, 0.25) is 0 Å². The summed E-state index contributed by atoms with van der Waals surface area (Å²) in [5.41, 5.74) is 1.76. The van der Waals surface area contributed by atoms with Gasteiger partial charge in [0.15, 0.2) is 0 Å². The molecule has 2 aromatic rings. The molecule has 2 rings (SSSR count). The Morgan fingerprint density at radius 3 is 2.42 bits per heavy atom. The number of methoxy groups -OCH3 is 2. The zero-order chi connectivity index (χ0) is 19.3. The van der Waals surface area contributed by atoms with Gasteiger partial charge in [-0.3, -0.25) is 9.10 Å². The summed E-state index contributed by atoms with van der Waals surface area (Å²) in [7, 11) is -0.628. The first kappa shape index (κ1) is 19.6. The summed E-state index contributed by atoms with van der Waals surface area (Å²) < 4.78 is 35.7. The highest BCUT2D eigenvalue weighted by atomic mass is 32.2. The second-order valence-electron chi connectivity index (χ2n) is 5.72. The number of ether oxygens (including phenoxy) is 2. The van der Waals surface area contributed by atoms with Gasteiger partial charge in [0.05, 0.1) is 31.9 Å². The van der Waals surface area contributed by atoms with Crippen LogP contribution in [0.15, 0.2) is 42.5 Å². The molecule has 0 saturated carbocycles. The van der Waals surface area contributed by atoms with E-state index in [1.54, 1.807) is 36.4 Å². The van der Waals surface area contributed by atoms with Crippen molar-refractivity contribution in [3.05, 3.63) is 48.0 Å². The molecule has 1 N–H and O–H groups in total. The number of nitrogens with one attached hydrogen (secondary N) is 1. The zero-order valence-electron chi connectivity index (χ0n) is 15.1. The molecule has 0 saturated heterocycles. The van der Waals surface area contributed by atoms with Crippen LogP contribution in [0.3, 0.4) is 0 Å². The topological polar surface area (TPSA) is 84.9 Å². The van der Waals surface area contributed by atoms with Gasteiger partial charge in [0.25, 0.3) is 0 Å². The van der Waals surface area contributed by atoms with Crippen LogP contribution >= 0.6 is 0 Å². The van der Waals surface area contributed by atoms with E-state index >= 15 is 0 Å². The Balaban J connectivity index is 2.23. The molecule has 0 heterocycles. The van der Waals surface area contributed by atoms with Crippen molar-refractivity contribution in [1.29, 1.82) is 0 Å². The predicted molar refractivity (Wildman–Crippen MR) is 102 cm³/mol. The van der Waals surface area contributed by atoms with E-state index in [4.69, 9.17) is 9.47 Å². The lowest BCUT2D eigenvalue weighted by molar-refractivity contribution is -0.114. The fourth-order valence-electron chi connectivity index (χ4n) is 2.41. The van der Waals surface area contributed by atoms with Gasteiger partial charge in [-0.15, -0.1) is 0 Å². The monoisotopic (exact) mass is 378 g/mol. The molecule has 0 aliphatic rings. The minimum absolute atomic E-state index is 0.350. The van der Waals surface area contributed by atoms with Gasteiger partial charge in [-0.05, 0) is 36.8 Å². The zero-order valence-corrected chi connectivity index (χ0v) is 16.0. The fraction of sp³-hybridized carbons (Fsp3) is 0.278. The number of anilines is 2. The number of sulfonamides is 1. The standard InChI is InChI=1S/C18H22N2O5S/c1-13-6-5-7-14(10-13)20(26(4,22)23)12-18(21)19-16-9-8-15(24-2)11-17(16)25-3/h5-11H,12H2,1-4H3,(H,19,21). The smallest absolute Gasteiger partial charge is 0.245 e. The van der Waals surface area contributed by atoms with Crippen molar-refractivity contribution < 1.29 is 22.7 Å². The van der Waals surface area contributed by atoms with Crippen molar-refractivity contribution in [2.45, 2.75) is 6.92 Å².